The van der Waals surface area contributed by atoms with E-state index in [1.807, 2.05) is 0 Å². The van der Waals surface area contributed by atoms with E-state index in [4.69, 9.17) is 9.47 Å². The molecule has 0 aliphatic carbocycles. The van der Waals surface area contributed by atoms with Crippen LogP contribution in [0.15, 0.2) is 24.5 Å². The number of nitrogens with zero attached hydrogens (tertiary/aromatic N) is 2. The molecule has 2 aromatic rings. The van der Waals surface area contributed by atoms with Gasteiger partial charge < -0.3 is 9.47 Å². The van der Waals surface area contributed by atoms with Crippen LogP contribution >= 0.6 is 0 Å². The first-order valence-corrected chi connectivity index (χ1v) is 5.81. The Balaban J connectivity index is 2.71. The molecule has 0 saturated heterocycles. The summed E-state index contributed by atoms with van der Waals surface area (Å²) in [6.07, 6.45) is 2.66. The topological polar surface area (TPSA) is 61.3 Å². The molecule has 0 unspecified atom stereocenters. The maximum Gasteiger partial charge on any atom is 0.340 e. The lowest BCUT2D eigenvalue weighted by atomic mass is 10.0. The van der Waals surface area contributed by atoms with Crippen molar-refractivity contribution >= 4 is 5.97 Å². The van der Waals surface area contributed by atoms with Crippen LogP contribution in [0.25, 0.3) is 11.1 Å². The van der Waals surface area contributed by atoms with Gasteiger partial charge in [-0.05, 0) is 13.0 Å². The number of halogens is 1. The molecule has 0 aliphatic rings. The zero-order valence-electron chi connectivity index (χ0n) is 11.3. The molecule has 6 heteroatoms. The molecule has 5 nitrogen and oxygen atoms in total. The Morgan fingerprint density at radius 1 is 1.15 bits per heavy atom. The molecule has 0 bridgehead atoms. The summed E-state index contributed by atoms with van der Waals surface area (Å²) < 4.78 is 23.3. The van der Waals surface area contributed by atoms with Crippen LogP contribution in [0.5, 0.6) is 5.75 Å². The quantitative estimate of drug-likeness (QED) is 0.636. The normalized spacial score (nSPS) is 10.2. The first kappa shape index (κ1) is 13.9. The van der Waals surface area contributed by atoms with Crippen LogP contribution in [0.4, 0.5) is 4.39 Å². The number of hydrogen-bond acceptors (Lipinski definition) is 5. The molecule has 2 rings (SSSR count). The minimum atomic E-state index is -0.661. The molecular weight excluding hydrogens is 263 g/mol. The summed E-state index contributed by atoms with van der Waals surface area (Å²) in [5, 5.41) is 0. The second kappa shape index (κ2) is 5.64. The molecule has 0 saturated carbocycles. The van der Waals surface area contributed by atoms with E-state index in [1.54, 1.807) is 13.0 Å². The van der Waals surface area contributed by atoms with Gasteiger partial charge in [0, 0.05) is 29.1 Å². The molecule has 2 heterocycles. The molecule has 0 aromatic carbocycles. The number of aromatic nitrogens is 2. The third-order valence-corrected chi connectivity index (χ3v) is 2.79. The van der Waals surface area contributed by atoms with Crippen LogP contribution in [0, 0.1) is 12.9 Å². The highest BCUT2D eigenvalue weighted by atomic mass is 19.1. The number of rotatable bonds is 3. The largest absolute Gasteiger partial charge is 0.494 e. The van der Waals surface area contributed by atoms with Crippen LogP contribution < -0.4 is 4.74 Å². The van der Waals surface area contributed by atoms with Gasteiger partial charge >= 0.3 is 5.97 Å². The maximum absolute atomic E-state index is 13.4. The van der Waals surface area contributed by atoms with Gasteiger partial charge in [-0.2, -0.15) is 4.39 Å². The average molecular weight is 276 g/mol. The standard InChI is InChI=1S/C14H13FN2O3/c1-8-4-9(11(6-16-8)14(18)20-3)10-5-13(15)17-7-12(10)19-2/h4-7H,1-3H3. The predicted molar refractivity (Wildman–Crippen MR) is 70.1 cm³/mol. The van der Waals surface area contributed by atoms with Crippen LogP contribution in [0.3, 0.4) is 0 Å². The fourth-order valence-electron chi connectivity index (χ4n) is 1.85. The lowest BCUT2D eigenvalue weighted by Crippen LogP contribution is -2.06. The summed E-state index contributed by atoms with van der Waals surface area (Å²) in [7, 11) is 2.72. The number of hydrogen-bond donors (Lipinski definition) is 0. The molecule has 0 spiro atoms. The number of ether oxygens (including phenoxy) is 2. The summed E-state index contributed by atoms with van der Waals surface area (Å²) in [6, 6.07) is 2.88. The Morgan fingerprint density at radius 3 is 2.55 bits per heavy atom. The van der Waals surface area contributed by atoms with E-state index >= 15 is 0 Å². The summed E-state index contributed by atoms with van der Waals surface area (Å²) in [6.45, 7) is 1.77. The Bertz CT molecular complexity index is 659. The van der Waals surface area contributed by atoms with Crippen molar-refractivity contribution in [2.24, 2.45) is 0 Å². The first-order chi connectivity index (χ1) is 9.56. The van der Waals surface area contributed by atoms with E-state index in [0.29, 0.717) is 22.6 Å². The number of carbonyl (C=O) groups excluding carboxylic acids is 1. The third-order valence-electron chi connectivity index (χ3n) is 2.79. The summed E-state index contributed by atoms with van der Waals surface area (Å²) in [4.78, 5) is 19.4. The van der Waals surface area contributed by atoms with Gasteiger partial charge in [-0.25, -0.2) is 9.78 Å². The zero-order valence-corrected chi connectivity index (χ0v) is 11.3. The number of methoxy groups -OCH3 is 2. The Hall–Kier alpha value is -2.50. The van der Waals surface area contributed by atoms with Crippen molar-refractivity contribution in [2.75, 3.05) is 14.2 Å². The van der Waals surface area contributed by atoms with Gasteiger partial charge in [-0.3, -0.25) is 4.98 Å². The highest BCUT2D eigenvalue weighted by molar-refractivity contribution is 5.97. The van der Waals surface area contributed by atoms with Gasteiger partial charge in [0.05, 0.1) is 26.0 Å². The van der Waals surface area contributed by atoms with E-state index in [-0.39, 0.29) is 5.56 Å². The average Bonchev–Trinajstić information content (AvgIpc) is 2.46. The van der Waals surface area contributed by atoms with Crippen LogP contribution in [0.2, 0.25) is 0 Å². The molecule has 0 aliphatic heterocycles. The van der Waals surface area contributed by atoms with Gasteiger partial charge in [-0.15, -0.1) is 0 Å². The molecule has 0 fully saturated rings. The van der Waals surface area contributed by atoms with Gasteiger partial charge in [0.2, 0.25) is 5.95 Å². The number of carbonyl (C=O) groups is 1. The van der Waals surface area contributed by atoms with E-state index in [1.165, 1.54) is 32.7 Å². The number of aryl methyl sites for hydroxylation is 1. The second-order valence-corrected chi connectivity index (χ2v) is 4.07. The summed E-state index contributed by atoms with van der Waals surface area (Å²) in [5.74, 6) is -0.847. The molecule has 0 atom stereocenters. The molecule has 20 heavy (non-hydrogen) atoms. The lowest BCUT2D eigenvalue weighted by molar-refractivity contribution is 0.0601. The van der Waals surface area contributed by atoms with Crippen molar-refractivity contribution in [1.29, 1.82) is 0 Å². The summed E-state index contributed by atoms with van der Waals surface area (Å²) >= 11 is 0. The molecule has 2 aromatic heterocycles. The minimum Gasteiger partial charge on any atom is -0.494 e. The van der Waals surface area contributed by atoms with Crippen molar-refractivity contribution in [3.8, 4) is 16.9 Å². The SMILES string of the molecule is COC(=O)c1cnc(C)cc1-c1cc(F)ncc1OC. The second-order valence-electron chi connectivity index (χ2n) is 4.07. The predicted octanol–water partition coefficient (Wildman–Crippen LogP) is 2.39. The highest BCUT2D eigenvalue weighted by Gasteiger charge is 2.18. The van der Waals surface area contributed by atoms with E-state index in [0.717, 1.165) is 0 Å². The van der Waals surface area contributed by atoms with Crippen LogP contribution in [-0.2, 0) is 4.74 Å². The van der Waals surface area contributed by atoms with Gasteiger partial charge in [0.25, 0.3) is 0 Å². The van der Waals surface area contributed by atoms with Crippen LogP contribution in [0.1, 0.15) is 16.1 Å². The molecule has 0 N–H and O–H groups in total. The van der Waals surface area contributed by atoms with Crippen molar-refractivity contribution in [3.63, 3.8) is 0 Å². The minimum absolute atomic E-state index is 0.238. The molecule has 104 valence electrons. The molecular formula is C14H13FN2O3. The van der Waals surface area contributed by atoms with Crippen molar-refractivity contribution in [2.45, 2.75) is 6.92 Å². The Labute approximate surface area is 115 Å². The van der Waals surface area contributed by atoms with Gasteiger partial charge in [-0.1, -0.05) is 0 Å². The molecule has 0 amide bonds. The van der Waals surface area contributed by atoms with Crippen LogP contribution in [-0.4, -0.2) is 30.2 Å². The number of esters is 1. The highest BCUT2D eigenvalue weighted by Crippen LogP contribution is 2.32. The smallest absolute Gasteiger partial charge is 0.340 e. The lowest BCUT2D eigenvalue weighted by Gasteiger charge is -2.12. The Morgan fingerprint density at radius 2 is 1.90 bits per heavy atom. The fraction of sp³-hybridized carbons (Fsp3) is 0.214. The van der Waals surface area contributed by atoms with Gasteiger partial charge in [0.1, 0.15) is 5.75 Å². The van der Waals surface area contributed by atoms with E-state index in [2.05, 4.69) is 9.97 Å². The first-order valence-electron chi connectivity index (χ1n) is 5.81. The monoisotopic (exact) mass is 276 g/mol. The van der Waals surface area contributed by atoms with Gasteiger partial charge in [0.15, 0.2) is 0 Å². The van der Waals surface area contributed by atoms with Crippen molar-refractivity contribution < 1.29 is 18.7 Å². The zero-order chi connectivity index (χ0) is 14.7. The van der Waals surface area contributed by atoms with E-state index < -0.39 is 11.9 Å². The maximum atomic E-state index is 13.4. The summed E-state index contributed by atoms with van der Waals surface area (Å²) in [5.41, 5.74) is 1.84. The fourth-order valence-corrected chi connectivity index (χ4v) is 1.85. The third kappa shape index (κ3) is 2.59. The number of pyridine rings is 2. The van der Waals surface area contributed by atoms with Crippen molar-refractivity contribution in [3.05, 3.63) is 41.7 Å². The Kier molecular flexibility index (Phi) is 3.93. The van der Waals surface area contributed by atoms with E-state index in [9.17, 15) is 9.18 Å². The molecule has 0 radical (unpaired) electrons. The van der Waals surface area contributed by atoms with Crippen molar-refractivity contribution in [1.82, 2.24) is 9.97 Å².